The average Bonchev–Trinajstić information content (AvgIpc) is 3.37. The minimum absolute atomic E-state index is 0.185. The molecule has 0 bridgehead atoms. The molecule has 1 amide bonds. The van der Waals surface area contributed by atoms with Crippen LogP contribution in [0.25, 0.3) is 6.08 Å². The maximum atomic E-state index is 11.8. The molecule has 1 aliphatic carbocycles. The number of rotatable bonds is 6. The number of carbonyl (C=O) groups excluding carboxylic acids is 2. The van der Waals surface area contributed by atoms with Crippen molar-refractivity contribution in [3.05, 3.63) is 40.4 Å². The largest absolute Gasteiger partial charge is 0.452 e. The van der Waals surface area contributed by atoms with Crippen LogP contribution in [0.3, 0.4) is 0 Å². The molecular weight excluding hydrogens is 360 g/mol. The van der Waals surface area contributed by atoms with Crippen molar-refractivity contribution in [3.63, 3.8) is 0 Å². The number of hydrogen-bond donors (Lipinski definition) is 1. The molecule has 1 N–H and O–H groups in total. The van der Waals surface area contributed by atoms with Crippen LogP contribution in [0, 0.1) is 17.2 Å². The van der Waals surface area contributed by atoms with E-state index in [4.69, 9.17) is 10.00 Å². The van der Waals surface area contributed by atoms with Crippen LogP contribution < -0.4 is 5.32 Å². The van der Waals surface area contributed by atoms with Gasteiger partial charge in [0.05, 0.1) is 6.07 Å². The Labute approximate surface area is 143 Å². The first-order valence-electron chi connectivity index (χ1n) is 7.25. The van der Waals surface area contributed by atoms with Gasteiger partial charge in [-0.25, -0.2) is 4.79 Å². The fraction of sp³-hybridized carbons (Fsp3) is 0.353. The molecule has 0 aromatic heterocycles. The number of halogens is 1. The number of carbonyl (C=O) groups is 2. The van der Waals surface area contributed by atoms with E-state index < -0.39 is 24.0 Å². The topological polar surface area (TPSA) is 79.2 Å². The highest BCUT2D eigenvalue weighted by Crippen LogP contribution is 2.39. The van der Waals surface area contributed by atoms with Crippen molar-refractivity contribution >= 4 is 33.9 Å². The van der Waals surface area contributed by atoms with E-state index >= 15 is 0 Å². The van der Waals surface area contributed by atoms with E-state index in [1.165, 1.54) is 6.08 Å². The van der Waals surface area contributed by atoms with Gasteiger partial charge in [0.15, 0.2) is 6.61 Å². The second kappa shape index (κ2) is 7.42. The third kappa shape index (κ3) is 5.22. The van der Waals surface area contributed by atoms with Crippen LogP contribution in [0.1, 0.15) is 25.3 Å². The van der Waals surface area contributed by atoms with E-state index in [2.05, 4.69) is 27.3 Å². The van der Waals surface area contributed by atoms with Gasteiger partial charge in [-0.2, -0.15) is 5.26 Å². The lowest BCUT2D eigenvalue weighted by molar-refractivity contribution is -0.144. The molecule has 6 heteroatoms. The molecule has 0 unspecified atom stereocenters. The fourth-order valence-corrected chi connectivity index (χ4v) is 2.39. The van der Waals surface area contributed by atoms with E-state index in [0.717, 1.165) is 22.9 Å². The van der Waals surface area contributed by atoms with E-state index in [1.54, 1.807) is 13.0 Å². The monoisotopic (exact) mass is 376 g/mol. The Hall–Kier alpha value is -2.13. The standard InChI is InChI=1S/C17H17BrN2O3/c1-17(11-19,13-5-6-13)20-15(21)10-23-16(22)9-4-12-2-7-14(18)8-3-12/h2-4,7-9,13H,5-6,10H2,1H3,(H,20,21)/b9-4+/t17-/m0/s1. The van der Waals surface area contributed by atoms with E-state index in [-0.39, 0.29) is 5.92 Å². The van der Waals surface area contributed by atoms with Crippen molar-refractivity contribution in [1.29, 1.82) is 5.26 Å². The first-order valence-corrected chi connectivity index (χ1v) is 8.05. The number of benzene rings is 1. The first kappa shape index (κ1) is 17.2. The zero-order valence-corrected chi connectivity index (χ0v) is 14.3. The Bertz CT molecular complexity index is 659. The van der Waals surface area contributed by atoms with Gasteiger partial charge in [-0.1, -0.05) is 28.1 Å². The van der Waals surface area contributed by atoms with Crippen molar-refractivity contribution in [1.82, 2.24) is 5.32 Å². The van der Waals surface area contributed by atoms with Gasteiger partial charge in [0.25, 0.3) is 5.91 Å². The number of nitriles is 1. The lowest BCUT2D eigenvalue weighted by Gasteiger charge is -2.22. The van der Waals surface area contributed by atoms with Gasteiger partial charge in [0.2, 0.25) is 0 Å². The van der Waals surface area contributed by atoms with Crippen LogP contribution in [-0.4, -0.2) is 24.0 Å². The van der Waals surface area contributed by atoms with Gasteiger partial charge in [-0.15, -0.1) is 0 Å². The van der Waals surface area contributed by atoms with Crippen LogP contribution in [0.5, 0.6) is 0 Å². The minimum atomic E-state index is -0.878. The number of nitrogens with zero attached hydrogens (tertiary/aromatic N) is 1. The molecule has 0 radical (unpaired) electrons. The van der Waals surface area contributed by atoms with Crippen molar-refractivity contribution < 1.29 is 14.3 Å². The molecule has 1 aliphatic rings. The molecule has 1 aromatic rings. The summed E-state index contributed by atoms with van der Waals surface area (Å²) in [5.41, 5.74) is -0.0306. The number of esters is 1. The summed E-state index contributed by atoms with van der Waals surface area (Å²) in [7, 11) is 0. The van der Waals surface area contributed by atoms with E-state index in [1.807, 2.05) is 24.3 Å². The summed E-state index contributed by atoms with van der Waals surface area (Å²) < 4.78 is 5.83. The summed E-state index contributed by atoms with van der Waals surface area (Å²) in [5.74, 6) is -0.885. The van der Waals surface area contributed by atoms with Crippen LogP contribution in [0.15, 0.2) is 34.8 Å². The Morgan fingerprint density at radius 1 is 1.43 bits per heavy atom. The quantitative estimate of drug-likeness (QED) is 0.611. The van der Waals surface area contributed by atoms with Crippen molar-refractivity contribution in [2.75, 3.05) is 6.61 Å². The highest BCUT2D eigenvalue weighted by molar-refractivity contribution is 9.10. The molecule has 2 rings (SSSR count). The summed E-state index contributed by atoms with van der Waals surface area (Å²) in [4.78, 5) is 23.4. The van der Waals surface area contributed by atoms with Crippen molar-refractivity contribution in [2.45, 2.75) is 25.3 Å². The summed E-state index contributed by atoms with van der Waals surface area (Å²) in [5, 5.41) is 11.8. The van der Waals surface area contributed by atoms with Crippen LogP contribution in [0.2, 0.25) is 0 Å². The molecule has 23 heavy (non-hydrogen) atoms. The lowest BCUT2D eigenvalue weighted by Crippen LogP contribution is -2.48. The number of amides is 1. The third-order valence-electron chi connectivity index (χ3n) is 3.65. The fourth-order valence-electron chi connectivity index (χ4n) is 2.13. The van der Waals surface area contributed by atoms with Gasteiger partial charge in [0, 0.05) is 10.5 Å². The predicted molar refractivity (Wildman–Crippen MR) is 89.0 cm³/mol. The highest BCUT2D eigenvalue weighted by atomic mass is 79.9. The molecule has 0 spiro atoms. The third-order valence-corrected chi connectivity index (χ3v) is 4.18. The summed E-state index contributed by atoms with van der Waals surface area (Å²) in [6, 6.07) is 9.52. The lowest BCUT2D eigenvalue weighted by atomic mass is 9.98. The summed E-state index contributed by atoms with van der Waals surface area (Å²) >= 11 is 3.33. The normalized spacial score (nSPS) is 16.4. The van der Waals surface area contributed by atoms with Crippen LogP contribution >= 0.6 is 15.9 Å². The van der Waals surface area contributed by atoms with E-state index in [0.29, 0.717) is 0 Å². The van der Waals surface area contributed by atoms with Crippen molar-refractivity contribution in [2.24, 2.45) is 5.92 Å². The van der Waals surface area contributed by atoms with E-state index in [9.17, 15) is 9.59 Å². The Morgan fingerprint density at radius 2 is 2.09 bits per heavy atom. The first-order chi connectivity index (χ1) is 10.9. The molecule has 0 heterocycles. The molecule has 1 atom stereocenters. The van der Waals surface area contributed by atoms with Crippen LogP contribution in [-0.2, 0) is 14.3 Å². The summed E-state index contributed by atoms with van der Waals surface area (Å²) in [6.45, 7) is 1.30. The Morgan fingerprint density at radius 3 is 2.65 bits per heavy atom. The Kier molecular flexibility index (Phi) is 5.56. The second-order valence-corrected chi connectivity index (χ2v) is 6.54. The smallest absolute Gasteiger partial charge is 0.331 e. The molecule has 5 nitrogen and oxygen atoms in total. The maximum Gasteiger partial charge on any atom is 0.331 e. The number of nitrogens with one attached hydrogen (secondary N) is 1. The highest BCUT2D eigenvalue weighted by Gasteiger charge is 2.43. The molecular formula is C17H17BrN2O3. The number of hydrogen-bond acceptors (Lipinski definition) is 4. The van der Waals surface area contributed by atoms with Gasteiger partial charge in [-0.05, 0) is 49.5 Å². The average molecular weight is 377 g/mol. The Balaban J connectivity index is 1.78. The molecule has 1 fully saturated rings. The predicted octanol–water partition coefficient (Wildman–Crippen LogP) is 2.81. The van der Waals surface area contributed by atoms with Crippen molar-refractivity contribution in [3.8, 4) is 6.07 Å². The number of ether oxygens (including phenoxy) is 1. The molecule has 120 valence electrons. The molecule has 0 aliphatic heterocycles. The van der Waals surface area contributed by atoms with Gasteiger partial charge < -0.3 is 10.1 Å². The zero-order chi connectivity index (χ0) is 16.9. The summed E-state index contributed by atoms with van der Waals surface area (Å²) in [6.07, 6.45) is 4.73. The second-order valence-electron chi connectivity index (χ2n) is 5.63. The van der Waals surface area contributed by atoms with Gasteiger partial charge in [-0.3, -0.25) is 4.79 Å². The molecule has 1 aromatic carbocycles. The molecule has 1 saturated carbocycles. The van der Waals surface area contributed by atoms with Gasteiger partial charge in [0.1, 0.15) is 5.54 Å². The SMILES string of the molecule is C[C@@](C#N)(NC(=O)COC(=O)/C=C/c1ccc(Br)cc1)C1CC1. The van der Waals surface area contributed by atoms with Gasteiger partial charge >= 0.3 is 5.97 Å². The zero-order valence-electron chi connectivity index (χ0n) is 12.7. The maximum absolute atomic E-state index is 11.8. The minimum Gasteiger partial charge on any atom is -0.452 e. The van der Waals surface area contributed by atoms with Crippen LogP contribution in [0.4, 0.5) is 0 Å². The molecule has 0 saturated heterocycles.